The summed E-state index contributed by atoms with van der Waals surface area (Å²) in [5.41, 5.74) is 12.5. The molecule has 2 fully saturated rings. The van der Waals surface area contributed by atoms with Gasteiger partial charge in [0, 0.05) is 36.2 Å². The number of aromatic nitrogens is 4. The van der Waals surface area contributed by atoms with E-state index in [1.807, 2.05) is 49.6 Å². The van der Waals surface area contributed by atoms with E-state index in [1.165, 1.54) is 0 Å². The Hall–Kier alpha value is -4.96. The fourth-order valence-corrected chi connectivity index (χ4v) is 6.28. The molecule has 2 aliphatic rings. The molecule has 1 aliphatic carbocycles. The number of alkyl carbamates (subject to hydrolysis) is 1. The molecule has 10 nitrogen and oxygen atoms in total. The lowest BCUT2D eigenvalue weighted by molar-refractivity contribution is 0.0377. The van der Waals surface area contributed by atoms with E-state index in [4.69, 9.17) is 25.2 Å². The molecule has 236 valence electrons. The Morgan fingerprint density at radius 2 is 1.74 bits per heavy atom. The summed E-state index contributed by atoms with van der Waals surface area (Å²) in [6.07, 6.45) is 4.01. The van der Waals surface area contributed by atoms with Crippen LogP contribution < -0.4 is 16.0 Å². The number of amides is 1. The van der Waals surface area contributed by atoms with Gasteiger partial charge in [-0.1, -0.05) is 24.3 Å². The Bertz CT molecular complexity index is 1880. The van der Waals surface area contributed by atoms with Crippen LogP contribution in [-0.2, 0) is 15.0 Å². The molecule has 2 aromatic carbocycles. The van der Waals surface area contributed by atoms with Crippen LogP contribution in [-0.4, -0.2) is 57.5 Å². The lowest BCUT2D eigenvalue weighted by Gasteiger charge is -2.43. The maximum Gasteiger partial charge on any atom is 0.408 e. The van der Waals surface area contributed by atoms with Gasteiger partial charge in [-0.05, 0) is 94.1 Å². The maximum absolute atomic E-state index is 12.8. The van der Waals surface area contributed by atoms with Crippen molar-refractivity contribution in [1.29, 1.82) is 0 Å². The van der Waals surface area contributed by atoms with Gasteiger partial charge in [-0.25, -0.2) is 19.7 Å². The second-order valence-corrected chi connectivity index (χ2v) is 13.0. The Balaban J connectivity index is 1.29. The van der Waals surface area contributed by atoms with Crippen molar-refractivity contribution in [3.05, 3.63) is 84.6 Å². The zero-order chi connectivity index (χ0) is 31.9. The van der Waals surface area contributed by atoms with Gasteiger partial charge in [-0.15, -0.1) is 0 Å². The number of pyridine rings is 2. The fourth-order valence-electron chi connectivity index (χ4n) is 6.28. The minimum absolute atomic E-state index is 0.393. The highest BCUT2D eigenvalue weighted by Gasteiger charge is 2.41. The Morgan fingerprint density at radius 3 is 2.43 bits per heavy atom. The number of nitrogens with one attached hydrogen (secondary N) is 1. The van der Waals surface area contributed by atoms with E-state index < -0.39 is 17.2 Å². The van der Waals surface area contributed by atoms with Crippen LogP contribution in [0.25, 0.3) is 39.5 Å². The zero-order valence-electron chi connectivity index (χ0n) is 26.5. The van der Waals surface area contributed by atoms with Gasteiger partial charge >= 0.3 is 6.09 Å². The van der Waals surface area contributed by atoms with Crippen LogP contribution in [0.5, 0.6) is 0 Å². The molecule has 1 aliphatic heterocycles. The van der Waals surface area contributed by atoms with Crippen molar-refractivity contribution in [3.8, 4) is 28.3 Å². The standard InChI is InChI=1S/C36H39N7O3/c1-35(2,3)46-34(44)41-36(16-6-17-36)25-10-12-26(13-11-25)43-32(28-9-5-18-38-31(28)37)40-30-15-14-29(39-33(30)43)24-7-4-8-27(23-24)42-19-21-45-22-20-42/h4-5,7-15,18,23H,6,16-17,19-22H2,1-3H3,(H2,37,38)(H,41,44). The predicted molar refractivity (Wildman–Crippen MR) is 180 cm³/mol. The van der Waals surface area contributed by atoms with Crippen molar-refractivity contribution in [1.82, 2.24) is 24.8 Å². The van der Waals surface area contributed by atoms with Gasteiger partial charge in [0.1, 0.15) is 16.9 Å². The normalized spacial score (nSPS) is 16.2. The molecule has 5 aromatic rings. The summed E-state index contributed by atoms with van der Waals surface area (Å²) in [5.74, 6) is 1.05. The third kappa shape index (κ3) is 5.76. The first-order chi connectivity index (χ1) is 22.2. The van der Waals surface area contributed by atoms with Gasteiger partial charge < -0.3 is 25.4 Å². The van der Waals surface area contributed by atoms with Crippen LogP contribution in [0.4, 0.5) is 16.3 Å². The molecule has 3 aromatic heterocycles. The summed E-state index contributed by atoms with van der Waals surface area (Å²) in [7, 11) is 0. The molecular weight excluding hydrogens is 578 g/mol. The maximum atomic E-state index is 12.8. The molecular formula is C36H39N7O3. The molecule has 1 saturated heterocycles. The zero-order valence-corrected chi connectivity index (χ0v) is 26.5. The minimum atomic E-state index is -0.568. The molecule has 1 saturated carbocycles. The molecule has 0 radical (unpaired) electrons. The third-order valence-corrected chi connectivity index (χ3v) is 8.73. The van der Waals surface area contributed by atoms with Crippen molar-refractivity contribution in [3.63, 3.8) is 0 Å². The lowest BCUT2D eigenvalue weighted by Crippen LogP contribution is -2.52. The third-order valence-electron chi connectivity index (χ3n) is 8.73. The average Bonchev–Trinajstić information content (AvgIpc) is 3.41. The van der Waals surface area contributed by atoms with Crippen LogP contribution in [0.1, 0.15) is 45.6 Å². The number of hydrogen-bond donors (Lipinski definition) is 2. The molecule has 7 rings (SSSR count). The number of ether oxygens (including phenoxy) is 2. The second kappa shape index (κ2) is 11.8. The number of carbonyl (C=O) groups excluding carboxylic acids is 1. The summed E-state index contributed by atoms with van der Waals surface area (Å²) < 4.78 is 13.2. The highest BCUT2D eigenvalue weighted by molar-refractivity contribution is 5.85. The van der Waals surface area contributed by atoms with E-state index in [9.17, 15) is 4.79 Å². The first-order valence-corrected chi connectivity index (χ1v) is 15.8. The number of rotatable bonds is 6. The number of hydrogen-bond acceptors (Lipinski definition) is 8. The molecule has 0 atom stereocenters. The molecule has 4 heterocycles. The molecule has 10 heteroatoms. The number of carbonyl (C=O) groups is 1. The number of fused-ring (bicyclic) bond motifs is 1. The molecule has 0 spiro atoms. The first kappa shape index (κ1) is 29.7. The number of benzene rings is 2. The van der Waals surface area contributed by atoms with Crippen LogP contribution in [0.2, 0.25) is 0 Å². The quantitative estimate of drug-likeness (QED) is 0.222. The van der Waals surface area contributed by atoms with Crippen molar-refractivity contribution in [2.45, 2.75) is 51.2 Å². The number of nitrogen functional groups attached to an aromatic ring is 1. The van der Waals surface area contributed by atoms with Gasteiger partial charge in [0.2, 0.25) is 0 Å². The summed E-state index contributed by atoms with van der Waals surface area (Å²) in [6, 6.07) is 24.5. The molecule has 3 N–H and O–H groups in total. The van der Waals surface area contributed by atoms with E-state index >= 15 is 0 Å². The largest absolute Gasteiger partial charge is 0.444 e. The van der Waals surface area contributed by atoms with Crippen molar-refractivity contribution < 1.29 is 14.3 Å². The van der Waals surface area contributed by atoms with Gasteiger partial charge in [0.05, 0.1) is 30.0 Å². The van der Waals surface area contributed by atoms with Crippen LogP contribution in [0.15, 0.2) is 79.0 Å². The first-order valence-electron chi connectivity index (χ1n) is 15.8. The van der Waals surface area contributed by atoms with Crippen LogP contribution in [0, 0.1) is 0 Å². The Labute approximate surface area is 268 Å². The number of imidazole rings is 1. The number of nitrogens with two attached hydrogens (primary N) is 1. The van der Waals surface area contributed by atoms with E-state index in [-0.39, 0.29) is 0 Å². The summed E-state index contributed by atoms with van der Waals surface area (Å²) >= 11 is 0. The van der Waals surface area contributed by atoms with Gasteiger partial charge in [-0.3, -0.25) is 4.57 Å². The number of anilines is 2. The number of morpholine rings is 1. The topological polar surface area (TPSA) is 120 Å². The van der Waals surface area contributed by atoms with Gasteiger partial charge in [0.15, 0.2) is 11.5 Å². The van der Waals surface area contributed by atoms with E-state index in [2.05, 4.69) is 63.7 Å². The molecule has 1 amide bonds. The minimum Gasteiger partial charge on any atom is -0.444 e. The number of nitrogens with zero attached hydrogens (tertiary/aromatic N) is 5. The highest BCUT2D eigenvalue weighted by atomic mass is 16.6. The second-order valence-electron chi connectivity index (χ2n) is 13.0. The van der Waals surface area contributed by atoms with Gasteiger partial charge in [0.25, 0.3) is 0 Å². The lowest BCUT2D eigenvalue weighted by atomic mass is 9.72. The van der Waals surface area contributed by atoms with Crippen LogP contribution >= 0.6 is 0 Å². The average molecular weight is 618 g/mol. The monoisotopic (exact) mass is 617 g/mol. The van der Waals surface area contributed by atoms with Crippen molar-refractivity contribution in [2.24, 2.45) is 0 Å². The van der Waals surface area contributed by atoms with Crippen LogP contribution in [0.3, 0.4) is 0 Å². The SMILES string of the molecule is CC(C)(C)OC(=O)NC1(c2ccc(-n3c(-c4cccnc4N)nc4ccc(-c5cccc(N6CCOCC6)c5)nc43)cc2)CCC1. The van der Waals surface area contributed by atoms with Crippen molar-refractivity contribution in [2.75, 3.05) is 36.9 Å². The predicted octanol–water partition coefficient (Wildman–Crippen LogP) is 6.47. The molecule has 0 bridgehead atoms. The molecule has 46 heavy (non-hydrogen) atoms. The highest BCUT2D eigenvalue weighted by Crippen LogP contribution is 2.42. The fraction of sp³-hybridized carbons (Fsp3) is 0.333. The summed E-state index contributed by atoms with van der Waals surface area (Å²) in [4.78, 5) is 29.6. The van der Waals surface area contributed by atoms with E-state index in [0.717, 1.165) is 84.8 Å². The summed E-state index contributed by atoms with van der Waals surface area (Å²) in [6.45, 7) is 8.80. The van der Waals surface area contributed by atoms with Crippen molar-refractivity contribution >= 4 is 28.8 Å². The Morgan fingerprint density at radius 1 is 0.957 bits per heavy atom. The molecule has 0 unspecified atom stereocenters. The van der Waals surface area contributed by atoms with E-state index in [1.54, 1.807) is 6.20 Å². The van der Waals surface area contributed by atoms with Gasteiger partial charge in [-0.2, -0.15) is 0 Å². The Kier molecular flexibility index (Phi) is 7.60. The summed E-state index contributed by atoms with van der Waals surface area (Å²) in [5, 5.41) is 3.16. The van der Waals surface area contributed by atoms with E-state index in [0.29, 0.717) is 17.3 Å². The smallest absolute Gasteiger partial charge is 0.408 e.